The van der Waals surface area contributed by atoms with Gasteiger partial charge in [0.05, 0.1) is 12.8 Å². The first-order valence-corrected chi connectivity index (χ1v) is 5.89. The van der Waals surface area contributed by atoms with E-state index in [1.54, 1.807) is 11.8 Å². The molecule has 0 spiro atoms. The molecule has 1 fully saturated rings. The van der Waals surface area contributed by atoms with Crippen LogP contribution in [0, 0.1) is 0 Å². The van der Waals surface area contributed by atoms with Crippen molar-refractivity contribution >= 4 is 6.29 Å². The molecule has 0 bridgehead atoms. The first-order valence-electron chi connectivity index (χ1n) is 5.89. The molecule has 2 aromatic rings. The number of benzene rings is 1. The maximum absolute atomic E-state index is 11.0. The highest BCUT2D eigenvalue weighted by atomic mass is 16.5. The van der Waals surface area contributed by atoms with Crippen LogP contribution in [0.4, 0.5) is 0 Å². The van der Waals surface area contributed by atoms with Crippen LogP contribution >= 0.6 is 0 Å². The number of rotatable bonds is 4. The van der Waals surface area contributed by atoms with E-state index < -0.39 is 0 Å². The number of carbonyl (C=O) groups excluding carboxylic acids is 1. The zero-order valence-corrected chi connectivity index (χ0v) is 10.0. The number of nitrogens with zero attached hydrogens (tertiary/aromatic N) is 3. The molecule has 5 heteroatoms. The van der Waals surface area contributed by atoms with Gasteiger partial charge in [-0.2, -0.15) is 0 Å². The van der Waals surface area contributed by atoms with E-state index in [-0.39, 0.29) is 0 Å². The highest BCUT2D eigenvalue weighted by molar-refractivity contribution is 5.74. The largest absolute Gasteiger partial charge is 0.494 e. The number of aldehydes is 1. The molecule has 5 nitrogen and oxygen atoms in total. The highest BCUT2D eigenvalue weighted by Gasteiger charge is 2.32. The van der Waals surface area contributed by atoms with Crippen molar-refractivity contribution in [2.45, 2.75) is 18.8 Å². The summed E-state index contributed by atoms with van der Waals surface area (Å²) in [7, 11) is 1.62. The molecule has 3 rings (SSSR count). The van der Waals surface area contributed by atoms with Crippen LogP contribution in [0.15, 0.2) is 24.3 Å². The van der Waals surface area contributed by atoms with Gasteiger partial charge in [-0.3, -0.25) is 4.79 Å². The Kier molecular flexibility index (Phi) is 2.59. The first-order chi connectivity index (χ1) is 8.85. The molecule has 1 aromatic heterocycles. The fraction of sp³-hybridized carbons (Fsp3) is 0.308. The topological polar surface area (TPSA) is 57.0 Å². The maximum Gasteiger partial charge on any atom is 0.172 e. The van der Waals surface area contributed by atoms with E-state index in [4.69, 9.17) is 4.74 Å². The van der Waals surface area contributed by atoms with Crippen molar-refractivity contribution in [2.24, 2.45) is 0 Å². The smallest absolute Gasteiger partial charge is 0.172 e. The second kappa shape index (κ2) is 4.25. The number of hydrogen-bond acceptors (Lipinski definition) is 4. The Morgan fingerprint density at radius 2 is 2.17 bits per heavy atom. The molecule has 1 heterocycles. The average Bonchev–Trinajstić information content (AvgIpc) is 3.17. The summed E-state index contributed by atoms with van der Waals surface area (Å²) in [6.45, 7) is 0. The SMILES string of the molecule is COc1ccccc1-n1nnc(C=O)c1C1CC1. The van der Waals surface area contributed by atoms with E-state index in [2.05, 4.69) is 10.3 Å². The van der Waals surface area contributed by atoms with Gasteiger partial charge in [-0.05, 0) is 25.0 Å². The van der Waals surface area contributed by atoms with Crippen LogP contribution in [-0.4, -0.2) is 28.4 Å². The molecule has 18 heavy (non-hydrogen) atoms. The van der Waals surface area contributed by atoms with Crippen molar-refractivity contribution in [1.82, 2.24) is 15.0 Å². The quantitative estimate of drug-likeness (QED) is 0.770. The minimum Gasteiger partial charge on any atom is -0.494 e. The van der Waals surface area contributed by atoms with Gasteiger partial charge in [0.25, 0.3) is 0 Å². The van der Waals surface area contributed by atoms with Gasteiger partial charge >= 0.3 is 0 Å². The van der Waals surface area contributed by atoms with E-state index in [1.165, 1.54) is 0 Å². The molecule has 1 saturated carbocycles. The standard InChI is InChI=1S/C13H13N3O2/c1-18-12-5-3-2-4-11(12)16-13(9-6-7-9)10(8-17)14-15-16/h2-5,8-9H,6-7H2,1H3. The van der Waals surface area contributed by atoms with E-state index in [0.717, 1.165) is 36.3 Å². The van der Waals surface area contributed by atoms with Gasteiger partial charge in [-0.1, -0.05) is 17.3 Å². The number of hydrogen-bond donors (Lipinski definition) is 0. The lowest BCUT2D eigenvalue weighted by atomic mass is 10.2. The number of methoxy groups -OCH3 is 1. The predicted molar refractivity (Wildman–Crippen MR) is 65.3 cm³/mol. The fourth-order valence-electron chi connectivity index (χ4n) is 2.11. The third-order valence-corrected chi connectivity index (χ3v) is 3.12. The zero-order chi connectivity index (χ0) is 12.5. The van der Waals surface area contributed by atoms with Gasteiger partial charge in [0.2, 0.25) is 0 Å². The molecule has 0 aliphatic heterocycles. The molecule has 0 saturated heterocycles. The Morgan fingerprint density at radius 3 is 2.83 bits per heavy atom. The lowest BCUT2D eigenvalue weighted by molar-refractivity contribution is 0.111. The molecule has 0 N–H and O–H groups in total. The van der Waals surface area contributed by atoms with Crippen molar-refractivity contribution in [3.8, 4) is 11.4 Å². The maximum atomic E-state index is 11.0. The lowest BCUT2D eigenvalue weighted by Crippen LogP contribution is -2.04. The van der Waals surface area contributed by atoms with Crippen LogP contribution in [0.1, 0.15) is 34.9 Å². The lowest BCUT2D eigenvalue weighted by Gasteiger charge is -2.10. The average molecular weight is 243 g/mol. The van der Waals surface area contributed by atoms with Crippen molar-refractivity contribution in [1.29, 1.82) is 0 Å². The van der Waals surface area contributed by atoms with Crippen molar-refractivity contribution in [2.75, 3.05) is 7.11 Å². The predicted octanol–water partition coefficient (Wildman–Crippen LogP) is 1.97. The Balaban J connectivity index is 2.16. The van der Waals surface area contributed by atoms with E-state index >= 15 is 0 Å². The Bertz CT molecular complexity index is 588. The number of aromatic nitrogens is 3. The van der Waals surface area contributed by atoms with Gasteiger partial charge < -0.3 is 4.74 Å². The molecule has 1 aliphatic carbocycles. The van der Waals surface area contributed by atoms with Crippen LogP contribution in [0.5, 0.6) is 5.75 Å². The molecule has 1 aromatic carbocycles. The highest BCUT2D eigenvalue weighted by Crippen LogP contribution is 2.42. The minimum absolute atomic E-state index is 0.394. The van der Waals surface area contributed by atoms with Crippen LogP contribution in [0.3, 0.4) is 0 Å². The van der Waals surface area contributed by atoms with Gasteiger partial charge in [0.15, 0.2) is 6.29 Å². The fourth-order valence-corrected chi connectivity index (χ4v) is 2.11. The van der Waals surface area contributed by atoms with Crippen LogP contribution < -0.4 is 4.74 Å². The van der Waals surface area contributed by atoms with Crippen molar-refractivity contribution in [3.63, 3.8) is 0 Å². The van der Waals surface area contributed by atoms with Gasteiger partial charge in [-0.15, -0.1) is 5.10 Å². The summed E-state index contributed by atoms with van der Waals surface area (Å²) in [6.07, 6.45) is 2.94. The monoisotopic (exact) mass is 243 g/mol. The minimum atomic E-state index is 0.394. The van der Waals surface area contributed by atoms with Crippen LogP contribution in [0.2, 0.25) is 0 Å². The Hall–Kier alpha value is -2.17. The third kappa shape index (κ3) is 1.68. The first kappa shape index (κ1) is 11.0. The molecule has 0 unspecified atom stereocenters. The summed E-state index contributed by atoms with van der Waals surface area (Å²) in [5, 5.41) is 8.02. The van der Waals surface area contributed by atoms with E-state index in [1.807, 2.05) is 24.3 Å². The van der Waals surface area contributed by atoms with E-state index in [9.17, 15) is 4.79 Å². The molecule has 0 atom stereocenters. The Labute approximate surface area is 104 Å². The van der Waals surface area contributed by atoms with Crippen LogP contribution in [0.25, 0.3) is 5.69 Å². The molecule has 1 aliphatic rings. The summed E-state index contributed by atoms with van der Waals surface area (Å²) in [4.78, 5) is 11.0. The summed E-state index contributed by atoms with van der Waals surface area (Å²) in [5.41, 5.74) is 2.15. The van der Waals surface area contributed by atoms with E-state index in [0.29, 0.717) is 11.6 Å². The normalized spacial score (nSPS) is 14.5. The summed E-state index contributed by atoms with van der Waals surface area (Å²) >= 11 is 0. The number of carbonyl (C=O) groups is 1. The molecular weight excluding hydrogens is 230 g/mol. The van der Waals surface area contributed by atoms with Crippen molar-refractivity contribution in [3.05, 3.63) is 35.7 Å². The molecule has 0 amide bonds. The molecule has 0 radical (unpaired) electrons. The summed E-state index contributed by atoms with van der Waals surface area (Å²) < 4.78 is 7.04. The molecule has 92 valence electrons. The van der Waals surface area contributed by atoms with Gasteiger partial charge in [0, 0.05) is 5.92 Å². The third-order valence-electron chi connectivity index (χ3n) is 3.12. The second-order valence-corrected chi connectivity index (χ2v) is 4.34. The number of ether oxygens (including phenoxy) is 1. The van der Waals surface area contributed by atoms with Crippen molar-refractivity contribution < 1.29 is 9.53 Å². The van der Waals surface area contributed by atoms with Gasteiger partial charge in [0.1, 0.15) is 17.1 Å². The zero-order valence-electron chi connectivity index (χ0n) is 10.0. The van der Waals surface area contributed by atoms with Gasteiger partial charge in [-0.25, -0.2) is 4.68 Å². The second-order valence-electron chi connectivity index (χ2n) is 4.34. The Morgan fingerprint density at radius 1 is 1.39 bits per heavy atom. The van der Waals surface area contributed by atoms with Crippen LogP contribution in [-0.2, 0) is 0 Å². The summed E-state index contributed by atoms with van der Waals surface area (Å²) in [5.74, 6) is 1.12. The number of para-hydroxylation sites is 2. The summed E-state index contributed by atoms with van der Waals surface area (Å²) in [6, 6.07) is 7.59. The molecular formula is C13H13N3O2.